The molecule has 5 heteroatoms. The Bertz CT molecular complexity index is 536. The average molecular weight is 307 g/mol. The zero-order chi connectivity index (χ0) is 16.3. The van der Waals surface area contributed by atoms with Crippen molar-refractivity contribution < 1.29 is 19.4 Å². The number of phenols is 1. The van der Waals surface area contributed by atoms with Gasteiger partial charge in [-0.05, 0) is 30.0 Å². The molecule has 0 spiro atoms. The van der Waals surface area contributed by atoms with Crippen molar-refractivity contribution in [2.24, 2.45) is 11.3 Å². The maximum absolute atomic E-state index is 12.3. The number of phenolic OH excluding ortho intramolecular Hbond substituents is 1. The SMILES string of the molecule is COc1ccc(O)c(C(=O)NC[C@H]2CCO[C@@H]2C(C)(C)C)c1. The number of carbonyl (C=O) groups excluding carboxylic acids is 1. The molecule has 22 heavy (non-hydrogen) atoms. The van der Waals surface area contributed by atoms with E-state index in [2.05, 4.69) is 26.1 Å². The lowest BCUT2D eigenvalue weighted by Crippen LogP contribution is -2.38. The minimum absolute atomic E-state index is 0.0456. The zero-order valence-electron chi connectivity index (χ0n) is 13.7. The van der Waals surface area contributed by atoms with Gasteiger partial charge in [-0.25, -0.2) is 0 Å². The summed E-state index contributed by atoms with van der Waals surface area (Å²) in [5.41, 5.74) is 0.273. The smallest absolute Gasteiger partial charge is 0.255 e. The van der Waals surface area contributed by atoms with Gasteiger partial charge in [0.15, 0.2) is 0 Å². The summed E-state index contributed by atoms with van der Waals surface area (Å²) in [5, 5.41) is 12.7. The number of benzene rings is 1. The van der Waals surface area contributed by atoms with Crippen LogP contribution in [0.1, 0.15) is 37.6 Å². The van der Waals surface area contributed by atoms with Crippen LogP contribution in [0.4, 0.5) is 0 Å². The van der Waals surface area contributed by atoms with Crippen LogP contribution in [-0.2, 0) is 4.74 Å². The molecule has 0 unspecified atom stereocenters. The molecule has 1 aliphatic heterocycles. The summed E-state index contributed by atoms with van der Waals surface area (Å²) in [7, 11) is 1.53. The standard InChI is InChI=1S/C17H25NO4/c1-17(2,3)15-11(7-8-22-15)10-18-16(20)13-9-12(21-4)5-6-14(13)19/h5-6,9,11,15,19H,7-8,10H2,1-4H3,(H,18,20)/t11-,15+/m1/s1. The highest BCUT2D eigenvalue weighted by molar-refractivity contribution is 5.97. The number of hydrogen-bond donors (Lipinski definition) is 2. The summed E-state index contributed by atoms with van der Waals surface area (Å²) in [4.78, 5) is 12.3. The van der Waals surface area contributed by atoms with Crippen LogP contribution in [-0.4, -0.2) is 37.4 Å². The molecule has 0 bridgehead atoms. The molecule has 1 aliphatic rings. The number of hydrogen-bond acceptors (Lipinski definition) is 4. The third kappa shape index (κ3) is 3.71. The summed E-state index contributed by atoms with van der Waals surface area (Å²) in [6.45, 7) is 7.70. The van der Waals surface area contributed by atoms with Crippen molar-refractivity contribution in [3.05, 3.63) is 23.8 Å². The molecule has 2 rings (SSSR count). The van der Waals surface area contributed by atoms with E-state index in [0.717, 1.165) is 13.0 Å². The van der Waals surface area contributed by atoms with Gasteiger partial charge in [-0.2, -0.15) is 0 Å². The molecule has 1 amide bonds. The van der Waals surface area contributed by atoms with E-state index in [9.17, 15) is 9.90 Å². The van der Waals surface area contributed by atoms with Gasteiger partial charge in [0.25, 0.3) is 5.91 Å². The molecule has 1 saturated heterocycles. The fraction of sp³-hybridized carbons (Fsp3) is 0.588. The van der Waals surface area contributed by atoms with Crippen molar-refractivity contribution >= 4 is 5.91 Å². The summed E-state index contributed by atoms with van der Waals surface area (Å²) in [6.07, 6.45) is 1.07. The highest BCUT2D eigenvalue weighted by Gasteiger charge is 2.37. The maximum Gasteiger partial charge on any atom is 0.255 e. The fourth-order valence-electron chi connectivity index (χ4n) is 2.94. The van der Waals surface area contributed by atoms with Gasteiger partial charge in [0.2, 0.25) is 0 Å². The molecular formula is C17H25NO4. The Hall–Kier alpha value is -1.75. The van der Waals surface area contributed by atoms with Crippen LogP contribution in [0.15, 0.2) is 18.2 Å². The molecule has 1 aromatic carbocycles. The monoisotopic (exact) mass is 307 g/mol. The molecule has 0 aromatic heterocycles. The van der Waals surface area contributed by atoms with Crippen molar-refractivity contribution in [3.63, 3.8) is 0 Å². The Morgan fingerprint density at radius 1 is 1.45 bits per heavy atom. The number of ether oxygens (including phenoxy) is 2. The molecule has 1 heterocycles. The molecule has 0 aliphatic carbocycles. The minimum Gasteiger partial charge on any atom is -0.507 e. The second-order valence-electron chi connectivity index (χ2n) is 6.80. The number of aromatic hydroxyl groups is 1. The van der Waals surface area contributed by atoms with E-state index in [1.807, 2.05) is 0 Å². The van der Waals surface area contributed by atoms with Crippen molar-refractivity contribution in [2.75, 3.05) is 20.3 Å². The highest BCUT2D eigenvalue weighted by Crippen LogP contribution is 2.34. The van der Waals surface area contributed by atoms with Gasteiger partial charge in [-0.3, -0.25) is 4.79 Å². The Morgan fingerprint density at radius 3 is 2.82 bits per heavy atom. The first-order chi connectivity index (χ1) is 10.3. The normalized spacial score (nSPS) is 21.6. The van der Waals surface area contributed by atoms with E-state index in [0.29, 0.717) is 12.3 Å². The van der Waals surface area contributed by atoms with Crippen LogP contribution in [0.25, 0.3) is 0 Å². The van der Waals surface area contributed by atoms with Gasteiger partial charge in [0, 0.05) is 19.1 Å². The number of rotatable bonds is 4. The van der Waals surface area contributed by atoms with E-state index in [1.165, 1.54) is 19.2 Å². The van der Waals surface area contributed by atoms with Crippen LogP contribution < -0.4 is 10.1 Å². The Labute approximate surface area is 131 Å². The van der Waals surface area contributed by atoms with E-state index in [4.69, 9.17) is 9.47 Å². The van der Waals surface area contributed by atoms with Gasteiger partial charge in [0.05, 0.1) is 18.8 Å². The number of methoxy groups -OCH3 is 1. The molecular weight excluding hydrogens is 282 g/mol. The average Bonchev–Trinajstić information content (AvgIpc) is 2.94. The molecule has 1 fully saturated rings. The largest absolute Gasteiger partial charge is 0.507 e. The van der Waals surface area contributed by atoms with Gasteiger partial charge in [-0.15, -0.1) is 0 Å². The molecule has 1 aromatic rings. The Balaban J connectivity index is 2.01. The fourth-order valence-corrected chi connectivity index (χ4v) is 2.94. The van der Waals surface area contributed by atoms with Crippen molar-refractivity contribution in [1.29, 1.82) is 0 Å². The topological polar surface area (TPSA) is 67.8 Å². The number of amides is 1. The second kappa shape index (κ2) is 6.57. The zero-order valence-corrected chi connectivity index (χ0v) is 13.7. The summed E-state index contributed by atoms with van der Waals surface area (Å²) in [5.74, 6) is 0.487. The predicted octanol–water partition coefficient (Wildman–Crippen LogP) is 2.58. The Morgan fingerprint density at radius 2 is 2.18 bits per heavy atom. The Kier molecular flexibility index (Phi) is 4.96. The molecule has 122 valence electrons. The van der Waals surface area contributed by atoms with Crippen LogP contribution in [0.5, 0.6) is 11.5 Å². The van der Waals surface area contributed by atoms with E-state index >= 15 is 0 Å². The van der Waals surface area contributed by atoms with Crippen LogP contribution >= 0.6 is 0 Å². The maximum atomic E-state index is 12.3. The lowest BCUT2D eigenvalue weighted by atomic mass is 9.81. The van der Waals surface area contributed by atoms with E-state index in [-0.39, 0.29) is 34.7 Å². The molecule has 2 N–H and O–H groups in total. The van der Waals surface area contributed by atoms with Gasteiger partial charge in [0.1, 0.15) is 11.5 Å². The molecule has 5 nitrogen and oxygen atoms in total. The molecule has 2 atom stereocenters. The van der Waals surface area contributed by atoms with Crippen molar-refractivity contribution in [1.82, 2.24) is 5.32 Å². The third-order valence-corrected chi connectivity index (χ3v) is 4.04. The molecule has 0 radical (unpaired) electrons. The first-order valence-electron chi connectivity index (χ1n) is 7.59. The van der Waals surface area contributed by atoms with Crippen molar-refractivity contribution in [3.8, 4) is 11.5 Å². The van der Waals surface area contributed by atoms with E-state index < -0.39 is 0 Å². The highest BCUT2D eigenvalue weighted by atomic mass is 16.5. The van der Waals surface area contributed by atoms with Gasteiger partial charge < -0.3 is 19.9 Å². The summed E-state index contributed by atoms with van der Waals surface area (Å²) >= 11 is 0. The predicted molar refractivity (Wildman–Crippen MR) is 84.3 cm³/mol. The van der Waals surface area contributed by atoms with Crippen molar-refractivity contribution in [2.45, 2.75) is 33.3 Å². The first kappa shape index (κ1) is 16.6. The second-order valence-corrected chi connectivity index (χ2v) is 6.80. The lowest BCUT2D eigenvalue weighted by Gasteiger charge is -2.31. The van der Waals surface area contributed by atoms with Crippen LogP contribution in [0.3, 0.4) is 0 Å². The summed E-state index contributed by atoms with van der Waals surface area (Å²) in [6, 6.07) is 4.62. The number of nitrogens with one attached hydrogen (secondary N) is 1. The van der Waals surface area contributed by atoms with Gasteiger partial charge in [-0.1, -0.05) is 20.8 Å². The van der Waals surface area contributed by atoms with E-state index in [1.54, 1.807) is 6.07 Å². The van der Waals surface area contributed by atoms with Crippen LogP contribution in [0.2, 0.25) is 0 Å². The van der Waals surface area contributed by atoms with Crippen LogP contribution in [0, 0.1) is 11.3 Å². The lowest BCUT2D eigenvalue weighted by molar-refractivity contribution is 0.00736. The number of carbonyl (C=O) groups is 1. The quantitative estimate of drug-likeness (QED) is 0.897. The van der Waals surface area contributed by atoms with Gasteiger partial charge >= 0.3 is 0 Å². The third-order valence-electron chi connectivity index (χ3n) is 4.04. The minimum atomic E-state index is -0.295. The molecule has 0 saturated carbocycles. The first-order valence-corrected chi connectivity index (χ1v) is 7.59. The summed E-state index contributed by atoms with van der Waals surface area (Å²) < 4.78 is 10.9.